The Bertz CT molecular complexity index is 663. The molecule has 1 atom stereocenters. The van der Waals surface area contributed by atoms with Crippen LogP contribution in [0.25, 0.3) is 0 Å². The molecule has 2 N–H and O–H groups in total. The first kappa shape index (κ1) is 17.6. The second-order valence-corrected chi connectivity index (χ2v) is 7.18. The van der Waals surface area contributed by atoms with Crippen LogP contribution in [0.2, 0.25) is 0 Å². The van der Waals surface area contributed by atoms with Gasteiger partial charge in [-0.1, -0.05) is 6.92 Å². The van der Waals surface area contributed by atoms with Gasteiger partial charge in [0.05, 0.1) is 18.2 Å². The summed E-state index contributed by atoms with van der Waals surface area (Å²) in [6.45, 7) is 3.69. The van der Waals surface area contributed by atoms with Gasteiger partial charge in [-0.15, -0.1) is 0 Å². The summed E-state index contributed by atoms with van der Waals surface area (Å²) in [5.74, 6) is 0.222. The molecule has 1 saturated heterocycles. The van der Waals surface area contributed by atoms with Gasteiger partial charge >= 0.3 is 0 Å². The Kier molecular flexibility index (Phi) is 5.18. The molecule has 3 rings (SSSR count). The molecule has 1 heterocycles. The molecule has 6 nitrogen and oxygen atoms in total. The SMILES string of the molecule is CC(=O)Nc1ccc(N2C(=O)CC(NC3CCC(C)CC3)C2=O)cc1. The molecule has 134 valence electrons. The summed E-state index contributed by atoms with van der Waals surface area (Å²) in [6, 6.07) is 6.65. The highest BCUT2D eigenvalue weighted by molar-refractivity contribution is 6.22. The Morgan fingerprint density at radius 1 is 1.08 bits per heavy atom. The highest BCUT2D eigenvalue weighted by Gasteiger charge is 2.40. The lowest BCUT2D eigenvalue weighted by atomic mass is 9.87. The molecule has 0 spiro atoms. The predicted molar refractivity (Wildman–Crippen MR) is 96.2 cm³/mol. The van der Waals surface area contributed by atoms with Crippen molar-refractivity contribution in [3.8, 4) is 0 Å². The van der Waals surface area contributed by atoms with E-state index in [-0.39, 0.29) is 24.1 Å². The van der Waals surface area contributed by atoms with Crippen molar-refractivity contribution in [1.82, 2.24) is 5.32 Å². The number of rotatable bonds is 4. The molecule has 1 aromatic rings. The fourth-order valence-corrected chi connectivity index (χ4v) is 3.64. The summed E-state index contributed by atoms with van der Waals surface area (Å²) in [6.07, 6.45) is 4.66. The van der Waals surface area contributed by atoms with E-state index >= 15 is 0 Å². The van der Waals surface area contributed by atoms with Crippen LogP contribution in [0.1, 0.15) is 46.0 Å². The molecular weight excluding hydrogens is 318 g/mol. The maximum atomic E-state index is 12.7. The third kappa shape index (κ3) is 4.07. The minimum Gasteiger partial charge on any atom is -0.326 e. The Labute approximate surface area is 148 Å². The molecule has 0 bridgehead atoms. The third-order valence-corrected chi connectivity index (χ3v) is 5.05. The summed E-state index contributed by atoms with van der Waals surface area (Å²) in [4.78, 5) is 37.4. The Morgan fingerprint density at radius 3 is 2.32 bits per heavy atom. The van der Waals surface area contributed by atoms with Crippen LogP contribution in [0.5, 0.6) is 0 Å². The van der Waals surface area contributed by atoms with E-state index in [9.17, 15) is 14.4 Å². The monoisotopic (exact) mass is 343 g/mol. The van der Waals surface area contributed by atoms with Crippen molar-refractivity contribution < 1.29 is 14.4 Å². The average molecular weight is 343 g/mol. The number of imide groups is 1. The molecule has 1 saturated carbocycles. The number of carbonyl (C=O) groups is 3. The van der Waals surface area contributed by atoms with Gasteiger partial charge in [0.1, 0.15) is 0 Å². The van der Waals surface area contributed by atoms with Gasteiger partial charge in [0.15, 0.2) is 0 Å². The maximum Gasteiger partial charge on any atom is 0.251 e. The minimum absolute atomic E-state index is 0.160. The zero-order valence-corrected chi connectivity index (χ0v) is 14.7. The molecule has 1 aliphatic carbocycles. The van der Waals surface area contributed by atoms with E-state index in [4.69, 9.17) is 0 Å². The molecule has 1 aromatic carbocycles. The van der Waals surface area contributed by atoms with Gasteiger partial charge in [-0.25, -0.2) is 4.90 Å². The normalized spacial score (nSPS) is 26.8. The molecule has 6 heteroatoms. The average Bonchev–Trinajstić information content (AvgIpc) is 2.84. The summed E-state index contributed by atoms with van der Waals surface area (Å²) >= 11 is 0. The number of carbonyl (C=O) groups excluding carboxylic acids is 3. The molecule has 2 aliphatic rings. The summed E-state index contributed by atoms with van der Waals surface area (Å²) in [5.41, 5.74) is 1.19. The van der Waals surface area contributed by atoms with E-state index in [1.165, 1.54) is 24.7 Å². The number of benzene rings is 1. The second kappa shape index (κ2) is 7.35. The molecule has 1 aliphatic heterocycles. The molecule has 25 heavy (non-hydrogen) atoms. The quantitative estimate of drug-likeness (QED) is 0.823. The van der Waals surface area contributed by atoms with Crippen molar-refractivity contribution in [3.05, 3.63) is 24.3 Å². The zero-order valence-electron chi connectivity index (χ0n) is 14.7. The van der Waals surface area contributed by atoms with Crippen LogP contribution >= 0.6 is 0 Å². The summed E-state index contributed by atoms with van der Waals surface area (Å²) in [5, 5.41) is 6.06. The van der Waals surface area contributed by atoms with Gasteiger partial charge in [-0.3, -0.25) is 14.4 Å². The van der Waals surface area contributed by atoms with Gasteiger partial charge in [-0.05, 0) is 55.9 Å². The second-order valence-electron chi connectivity index (χ2n) is 7.18. The predicted octanol–water partition coefficient (Wildman–Crippen LogP) is 2.45. The molecule has 3 amide bonds. The van der Waals surface area contributed by atoms with E-state index < -0.39 is 6.04 Å². The minimum atomic E-state index is -0.430. The molecular formula is C19H25N3O3. The Morgan fingerprint density at radius 2 is 1.72 bits per heavy atom. The van der Waals surface area contributed by atoms with Crippen LogP contribution in [0.15, 0.2) is 24.3 Å². The number of nitrogens with one attached hydrogen (secondary N) is 2. The third-order valence-electron chi connectivity index (χ3n) is 5.05. The summed E-state index contributed by atoms with van der Waals surface area (Å²) < 4.78 is 0. The van der Waals surface area contributed by atoms with Gasteiger partial charge in [0, 0.05) is 18.7 Å². The van der Waals surface area contributed by atoms with E-state index in [2.05, 4.69) is 17.6 Å². The van der Waals surface area contributed by atoms with E-state index in [0.29, 0.717) is 17.4 Å². The van der Waals surface area contributed by atoms with Crippen molar-refractivity contribution in [2.24, 2.45) is 5.92 Å². The molecule has 0 radical (unpaired) electrons. The first-order valence-electron chi connectivity index (χ1n) is 8.94. The van der Waals surface area contributed by atoms with Gasteiger partial charge in [0.25, 0.3) is 5.91 Å². The number of nitrogens with zero attached hydrogens (tertiary/aromatic N) is 1. The Hall–Kier alpha value is -2.21. The molecule has 2 fully saturated rings. The number of hydrogen-bond acceptors (Lipinski definition) is 4. The summed E-state index contributed by atoms with van der Waals surface area (Å²) in [7, 11) is 0. The van der Waals surface area contributed by atoms with Crippen LogP contribution < -0.4 is 15.5 Å². The zero-order chi connectivity index (χ0) is 18.0. The van der Waals surface area contributed by atoms with Gasteiger partial charge in [0.2, 0.25) is 11.8 Å². The van der Waals surface area contributed by atoms with Gasteiger partial charge in [-0.2, -0.15) is 0 Å². The highest BCUT2D eigenvalue weighted by Crippen LogP contribution is 2.27. The largest absolute Gasteiger partial charge is 0.326 e. The van der Waals surface area contributed by atoms with E-state index in [0.717, 1.165) is 18.8 Å². The lowest BCUT2D eigenvalue weighted by molar-refractivity contribution is -0.122. The van der Waals surface area contributed by atoms with Crippen LogP contribution in [-0.4, -0.2) is 29.8 Å². The first-order chi connectivity index (χ1) is 11.9. The van der Waals surface area contributed by atoms with Crippen molar-refractivity contribution in [1.29, 1.82) is 0 Å². The van der Waals surface area contributed by atoms with Crippen molar-refractivity contribution >= 4 is 29.1 Å². The van der Waals surface area contributed by atoms with Crippen LogP contribution in [-0.2, 0) is 14.4 Å². The van der Waals surface area contributed by atoms with Crippen LogP contribution in [0, 0.1) is 5.92 Å². The van der Waals surface area contributed by atoms with Crippen molar-refractivity contribution in [2.45, 2.75) is 58.0 Å². The van der Waals surface area contributed by atoms with Crippen molar-refractivity contribution in [3.63, 3.8) is 0 Å². The fourth-order valence-electron chi connectivity index (χ4n) is 3.64. The number of amides is 3. The molecule has 1 unspecified atom stereocenters. The standard InChI is InChI=1S/C19H25N3O3/c1-12-3-5-15(6-4-12)21-17-11-18(24)22(19(17)25)16-9-7-14(8-10-16)20-13(2)23/h7-10,12,15,17,21H,3-6,11H2,1-2H3,(H,20,23). The van der Waals surface area contributed by atoms with Crippen LogP contribution in [0.4, 0.5) is 11.4 Å². The Balaban J connectivity index is 1.65. The molecule has 0 aromatic heterocycles. The van der Waals surface area contributed by atoms with E-state index in [1.54, 1.807) is 24.3 Å². The fraction of sp³-hybridized carbons (Fsp3) is 0.526. The van der Waals surface area contributed by atoms with Crippen molar-refractivity contribution in [2.75, 3.05) is 10.2 Å². The highest BCUT2D eigenvalue weighted by atomic mass is 16.2. The van der Waals surface area contributed by atoms with E-state index in [1.807, 2.05) is 0 Å². The number of anilines is 2. The van der Waals surface area contributed by atoms with Gasteiger partial charge < -0.3 is 10.6 Å². The number of hydrogen-bond donors (Lipinski definition) is 2. The van der Waals surface area contributed by atoms with Crippen LogP contribution in [0.3, 0.4) is 0 Å². The lowest BCUT2D eigenvalue weighted by Gasteiger charge is -2.28. The first-order valence-corrected chi connectivity index (χ1v) is 8.94. The smallest absolute Gasteiger partial charge is 0.251 e. The topological polar surface area (TPSA) is 78.5 Å². The lowest BCUT2D eigenvalue weighted by Crippen LogP contribution is -2.45. The maximum absolute atomic E-state index is 12.7.